The summed E-state index contributed by atoms with van der Waals surface area (Å²) in [7, 11) is 0. The molecule has 2 nitrogen and oxygen atoms in total. The van der Waals surface area contributed by atoms with Gasteiger partial charge in [-0.05, 0) is 12.1 Å². The molecule has 1 aliphatic heterocycles. The smallest absolute Gasteiger partial charge is 0.0544 e. The van der Waals surface area contributed by atoms with Gasteiger partial charge in [-0.2, -0.15) is 0 Å². The third kappa shape index (κ3) is 0.786. The van der Waals surface area contributed by atoms with Gasteiger partial charge in [0.25, 0.3) is 0 Å². The molecule has 0 saturated heterocycles. The van der Waals surface area contributed by atoms with Crippen LogP contribution >= 0.6 is 12.6 Å². The van der Waals surface area contributed by atoms with Crippen LogP contribution in [0.1, 0.15) is 5.56 Å². The van der Waals surface area contributed by atoms with Crippen LogP contribution in [-0.4, -0.2) is 0 Å². The second-order valence-corrected chi connectivity index (χ2v) is 2.76. The van der Waals surface area contributed by atoms with E-state index in [0.717, 1.165) is 17.1 Å². The summed E-state index contributed by atoms with van der Waals surface area (Å²) in [5.41, 5.74) is 8.47. The summed E-state index contributed by atoms with van der Waals surface area (Å²) in [4.78, 5) is 1.05. The minimum Gasteiger partial charge on any atom is -0.321 e. The number of hydrogen-bond donors (Lipinski definition) is 3. The quantitative estimate of drug-likeness (QED) is 0.490. The minimum absolute atomic E-state index is 0.870. The van der Waals surface area contributed by atoms with E-state index in [0.29, 0.717) is 0 Å². The minimum atomic E-state index is 0.870. The largest absolute Gasteiger partial charge is 0.321 e. The monoisotopic (exact) mass is 152 g/mol. The van der Waals surface area contributed by atoms with E-state index in [1.807, 2.05) is 18.2 Å². The SMILES string of the molecule is Sc1cccc2c1CNN2. The Morgan fingerprint density at radius 1 is 1.40 bits per heavy atom. The highest BCUT2D eigenvalue weighted by atomic mass is 32.1. The van der Waals surface area contributed by atoms with Crippen molar-refractivity contribution in [3.8, 4) is 0 Å². The van der Waals surface area contributed by atoms with Crippen LogP contribution in [0, 0.1) is 0 Å². The lowest BCUT2D eigenvalue weighted by Gasteiger charge is -1.98. The highest BCUT2D eigenvalue weighted by molar-refractivity contribution is 7.80. The Kier molecular flexibility index (Phi) is 1.32. The first-order valence-corrected chi connectivity index (χ1v) is 3.62. The van der Waals surface area contributed by atoms with Crippen molar-refractivity contribution in [3.63, 3.8) is 0 Å². The van der Waals surface area contributed by atoms with Crippen LogP contribution in [0.15, 0.2) is 23.1 Å². The lowest BCUT2D eigenvalue weighted by atomic mass is 10.2. The van der Waals surface area contributed by atoms with E-state index in [1.165, 1.54) is 5.56 Å². The van der Waals surface area contributed by atoms with E-state index in [-0.39, 0.29) is 0 Å². The molecule has 0 fully saturated rings. The van der Waals surface area contributed by atoms with Crippen molar-refractivity contribution in [3.05, 3.63) is 23.8 Å². The molecule has 0 aromatic heterocycles. The second kappa shape index (κ2) is 2.18. The van der Waals surface area contributed by atoms with E-state index >= 15 is 0 Å². The average Bonchev–Trinajstić information content (AvgIpc) is 2.36. The molecule has 0 amide bonds. The van der Waals surface area contributed by atoms with Gasteiger partial charge in [-0.15, -0.1) is 12.6 Å². The molecule has 0 radical (unpaired) electrons. The summed E-state index contributed by atoms with van der Waals surface area (Å²) in [6.07, 6.45) is 0. The first kappa shape index (κ1) is 6.07. The summed E-state index contributed by atoms with van der Waals surface area (Å²) < 4.78 is 0. The van der Waals surface area contributed by atoms with E-state index < -0.39 is 0 Å². The van der Waals surface area contributed by atoms with Crippen molar-refractivity contribution >= 4 is 18.3 Å². The molecule has 1 aliphatic rings. The van der Waals surface area contributed by atoms with E-state index in [2.05, 4.69) is 23.5 Å². The summed E-state index contributed by atoms with van der Waals surface area (Å²) in [6, 6.07) is 6.02. The van der Waals surface area contributed by atoms with Gasteiger partial charge in [-0.3, -0.25) is 0 Å². The maximum Gasteiger partial charge on any atom is 0.0544 e. The van der Waals surface area contributed by atoms with Crippen LogP contribution in [-0.2, 0) is 6.54 Å². The molecule has 1 aromatic carbocycles. The maximum absolute atomic E-state index is 4.31. The Bertz CT molecular complexity index is 260. The third-order valence-corrected chi connectivity index (χ3v) is 2.06. The van der Waals surface area contributed by atoms with E-state index in [1.54, 1.807) is 0 Å². The fourth-order valence-corrected chi connectivity index (χ4v) is 1.39. The molecule has 1 aromatic rings. The summed E-state index contributed by atoms with van der Waals surface area (Å²) >= 11 is 4.31. The molecule has 0 unspecified atom stereocenters. The number of nitrogens with one attached hydrogen (secondary N) is 2. The molecule has 0 saturated carbocycles. The Labute approximate surface area is 65.0 Å². The predicted octanol–water partition coefficient (Wildman–Crippen LogP) is 1.41. The van der Waals surface area contributed by atoms with E-state index in [4.69, 9.17) is 0 Å². The van der Waals surface area contributed by atoms with Crippen LogP contribution in [0.25, 0.3) is 0 Å². The van der Waals surface area contributed by atoms with Gasteiger partial charge >= 0.3 is 0 Å². The van der Waals surface area contributed by atoms with Crippen molar-refractivity contribution in [2.24, 2.45) is 0 Å². The zero-order valence-electron chi connectivity index (χ0n) is 5.39. The lowest BCUT2D eigenvalue weighted by molar-refractivity contribution is 0.850. The van der Waals surface area contributed by atoms with Crippen LogP contribution in [0.4, 0.5) is 5.69 Å². The molecule has 0 aliphatic carbocycles. The molecule has 3 heteroatoms. The second-order valence-electron chi connectivity index (χ2n) is 2.28. The van der Waals surface area contributed by atoms with Gasteiger partial charge < -0.3 is 5.43 Å². The highest BCUT2D eigenvalue weighted by Crippen LogP contribution is 2.25. The van der Waals surface area contributed by atoms with E-state index in [9.17, 15) is 0 Å². The molecular weight excluding hydrogens is 144 g/mol. The molecular formula is C7H8N2S. The fraction of sp³-hybridized carbons (Fsp3) is 0.143. The van der Waals surface area contributed by atoms with Gasteiger partial charge in [0.1, 0.15) is 0 Å². The topological polar surface area (TPSA) is 24.1 Å². The number of thiol groups is 1. The van der Waals surface area contributed by atoms with Crippen LogP contribution in [0.3, 0.4) is 0 Å². The number of benzene rings is 1. The Morgan fingerprint density at radius 2 is 2.30 bits per heavy atom. The van der Waals surface area contributed by atoms with Crippen molar-refractivity contribution < 1.29 is 0 Å². The number of hydrazine groups is 1. The lowest BCUT2D eigenvalue weighted by Crippen LogP contribution is -2.10. The van der Waals surface area contributed by atoms with Gasteiger partial charge in [0.05, 0.1) is 5.69 Å². The number of anilines is 1. The molecule has 2 rings (SSSR count). The maximum atomic E-state index is 4.31. The first-order chi connectivity index (χ1) is 4.88. The van der Waals surface area contributed by atoms with Gasteiger partial charge in [0.2, 0.25) is 0 Å². The normalized spacial score (nSPS) is 14.5. The summed E-state index contributed by atoms with van der Waals surface area (Å²) in [5, 5.41) is 0. The van der Waals surface area contributed by atoms with Crippen LogP contribution in [0.5, 0.6) is 0 Å². The Hall–Kier alpha value is -0.670. The van der Waals surface area contributed by atoms with Crippen LogP contribution < -0.4 is 10.9 Å². The van der Waals surface area contributed by atoms with Gasteiger partial charge in [-0.1, -0.05) is 6.07 Å². The van der Waals surface area contributed by atoms with Gasteiger partial charge in [0, 0.05) is 17.0 Å². The Balaban J connectivity index is 2.59. The van der Waals surface area contributed by atoms with Crippen molar-refractivity contribution in [2.75, 3.05) is 5.43 Å². The zero-order chi connectivity index (χ0) is 6.97. The van der Waals surface area contributed by atoms with Crippen LogP contribution in [0.2, 0.25) is 0 Å². The highest BCUT2D eigenvalue weighted by Gasteiger charge is 2.10. The molecule has 0 bridgehead atoms. The number of rotatable bonds is 0. The molecule has 0 spiro atoms. The first-order valence-electron chi connectivity index (χ1n) is 3.17. The molecule has 1 heterocycles. The fourth-order valence-electron chi connectivity index (χ4n) is 1.11. The standard InChI is InChI=1S/C7H8N2S/c10-7-3-1-2-6-5(7)4-8-9-6/h1-3,8-10H,4H2. The molecule has 52 valence electrons. The van der Waals surface area contributed by atoms with Crippen molar-refractivity contribution in [1.82, 2.24) is 5.43 Å². The number of fused-ring (bicyclic) bond motifs is 1. The average molecular weight is 152 g/mol. The van der Waals surface area contributed by atoms with Crippen molar-refractivity contribution in [1.29, 1.82) is 0 Å². The Morgan fingerprint density at radius 3 is 3.10 bits per heavy atom. The third-order valence-electron chi connectivity index (χ3n) is 1.64. The van der Waals surface area contributed by atoms with Gasteiger partial charge in [-0.25, -0.2) is 5.43 Å². The molecule has 0 atom stereocenters. The zero-order valence-corrected chi connectivity index (χ0v) is 6.28. The van der Waals surface area contributed by atoms with Gasteiger partial charge in [0.15, 0.2) is 0 Å². The molecule has 10 heavy (non-hydrogen) atoms. The van der Waals surface area contributed by atoms with Crippen molar-refractivity contribution in [2.45, 2.75) is 11.4 Å². The summed E-state index contributed by atoms with van der Waals surface area (Å²) in [5.74, 6) is 0. The summed E-state index contributed by atoms with van der Waals surface area (Å²) in [6.45, 7) is 0.870. The number of hydrogen-bond acceptors (Lipinski definition) is 3. The molecule has 2 N–H and O–H groups in total. The predicted molar refractivity (Wildman–Crippen MR) is 44.2 cm³/mol.